The first-order valence-electron chi connectivity index (χ1n) is 4.49. The zero-order valence-electron chi connectivity index (χ0n) is 8.16. The zero-order valence-corrected chi connectivity index (χ0v) is 8.92. The summed E-state index contributed by atoms with van der Waals surface area (Å²) in [5.74, 6) is 0.613. The van der Waals surface area contributed by atoms with Crippen molar-refractivity contribution in [2.75, 3.05) is 13.0 Å². The molecule has 0 saturated carbocycles. The van der Waals surface area contributed by atoms with Gasteiger partial charge in [0.15, 0.2) is 0 Å². The zero-order chi connectivity index (χ0) is 10.2. The smallest absolute Gasteiger partial charge is 0.0637 e. The van der Waals surface area contributed by atoms with Gasteiger partial charge in [0.2, 0.25) is 0 Å². The standard InChI is InChI=1S/C11H14ClNO/c1-14-13-11(8-5-9-12)10-6-3-2-4-7-10/h2-4,6-8,13H,5,9H2,1H3. The van der Waals surface area contributed by atoms with Crippen LogP contribution in [0.4, 0.5) is 0 Å². The van der Waals surface area contributed by atoms with Crippen LogP contribution in [0, 0.1) is 0 Å². The van der Waals surface area contributed by atoms with Gasteiger partial charge in [-0.3, -0.25) is 10.3 Å². The molecule has 0 aromatic heterocycles. The number of rotatable bonds is 5. The minimum Gasteiger partial charge on any atom is -0.279 e. The van der Waals surface area contributed by atoms with Crippen LogP contribution in [0.15, 0.2) is 36.4 Å². The summed E-state index contributed by atoms with van der Waals surface area (Å²) < 4.78 is 0. The molecule has 1 rings (SSSR count). The van der Waals surface area contributed by atoms with E-state index in [-0.39, 0.29) is 0 Å². The lowest BCUT2D eigenvalue weighted by atomic mass is 10.1. The lowest BCUT2D eigenvalue weighted by molar-refractivity contribution is 0.136. The molecule has 14 heavy (non-hydrogen) atoms. The Morgan fingerprint density at radius 3 is 2.71 bits per heavy atom. The number of nitrogens with one attached hydrogen (secondary N) is 1. The fraction of sp³-hybridized carbons (Fsp3) is 0.273. The van der Waals surface area contributed by atoms with Crippen LogP contribution in [0.25, 0.3) is 5.70 Å². The van der Waals surface area contributed by atoms with Gasteiger partial charge in [0.05, 0.1) is 12.8 Å². The Morgan fingerprint density at radius 1 is 1.43 bits per heavy atom. The van der Waals surface area contributed by atoms with Crippen molar-refractivity contribution in [2.24, 2.45) is 0 Å². The molecule has 0 radical (unpaired) electrons. The molecule has 0 amide bonds. The number of hydrogen-bond acceptors (Lipinski definition) is 2. The average Bonchev–Trinajstić information content (AvgIpc) is 2.25. The molecular formula is C11H14ClNO. The molecule has 0 fully saturated rings. The van der Waals surface area contributed by atoms with E-state index in [4.69, 9.17) is 16.4 Å². The van der Waals surface area contributed by atoms with Gasteiger partial charge in [0, 0.05) is 5.88 Å². The van der Waals surface area contributed by atoms with Gasteiger partial charge in [0.1, 0.15) is 0 Å². The van der Waals surface area contributed by atoms with Gasteiger partial charge in [-0.2, -0.15) is 0 Å². The highest BCUT2D eigenvalue weighted by Crippen LogP contribution is 2.11. The second-order valence-electron chi connectivity index (χ2n) is 2.77. The first-order chi connectivity index (χ1) is 6.88. The van der Waals surface area contributed by atoms with Gasteiger partial charge in [0.25, 0.3) is 0 Å². The Labute approximate surface area is 89.5 Å². The summed E-state index contributed by atoms with van der Waals surface area (Å²) in [6, 6.07) is 10.00. The van der Waals surface area contributed by atoms with Crippen molar-refractivity contribution in [2.45, 2.75) is 6.42 Å². The van der Waals surface area contributed by atoms with Gasteiger partial charge < -0.3 is 0 Å². The molecule has 2 nitrogen and oxygen atoms in total. The Kier molecular flexibility index (Phi) is 5.12. The van der Waals surface area contributed by atoms with Crippen molar-refractivity contribution in [1.82, 2.24) is 5.48 Å². The summed E-state index contributed by atoms with van der Waals surface area (Å²) in [5.41, 5.74) is 4.89. The van der Waals surface area contributed by atoms with E-state index in [1.807, 2.05) is 36.4 Å². The maximum atomic E-state index is 5.62. The quantitative estimate of drug-likeness (QED) is 0.598. The normalized spacial score (nSPS) is 11.4. The van der Waals surface area contributed by atoms with E-state index in [2.05, 4.69) is 5.48 Å². The van der Waals surface area contributed by atoms with E-state index in [0.717, 1.165) is 17.7 Å². The molecule has 1 N–H and O–H groups in total. The molecule has 1 aromatic rings. The summed E-state index contributed by atoms with van der Waals surface area (Å²) in [4.78, 5) is 4.89. The predicted molar refractivity (Wildman–Crippen MR) is 59.9 cm³/mol. The van der Waals surface area contributed by atoms with E-state index in [0.29, 0.717) is 5.88 Å². The number of allylic oxidation sites excluding steroid dienone is 1. The first-order valence-corrected chi connectivity index (χ1v) is 5.02. The van der Waals surface area contributed by atoms with Crippen LogP contribution >= 0.6 is 11.6 Å². The van der Waals surface area contributed by atoms with E-state index >= 15 is 0 Å². The molecule has 1 aromatic carbocycles. The topological polar surface area (TPSA) is 21.3 Å². The van der Waals surface area contributed by atoms with E-state index in [1.54, 1.807) is 7.11 Å². The van der Waals surface area contributed by atoms with Gasteiger partial charge in [-0.05, 0) is 12.0 Å². The minimum atomic E-state index is 0.613. The largest absolute Gasteiger partial charge is 0.279 e. The number of alkyl halides is 1. The summed E-state index contributed by atoms with van der Waals surface area (Å²) >= 11 is 5.62. The molecule has 76 valence electrons. The van der Waals surface area contributed by atoms with Crippen LogP contribution in [0.1, 0.15) is 12.0 Å². The predicted octanol–water partition coefficient (Wildman–Crippen LogP) is 2.81. The summed E-state index contributed by atoms with van der Waals surface area (Å²) in [6.45, 7) is 0. The monoisotopic (exact) mass is 211 g/mol. The minimum absolute atomic E-state index is 0.613. The van der Waals surface area contributed by atoms with Crippen LogP contribution in [0.5, 0.6) is 0 Å². The summed E-state index contributed by atoms with van der Waals surface area (Å²) in [7, 11) is 1.59. The maximum Gasteiger partial charge on any atom is 0.0637 e. The highest BCUT2D eigenvalue weighted by molar-refractivity contribution is 6.17. The summed E-state index contributed by atoms with van der Waals surface area (Å²) in [6.07, 6.45) is 2.84. The molecule has 0 aliphatic carbocycles. The van der Waals surface area contributed by atoms with Gasteiger partial charge in [-0.15, -0.1) is 11.6 Å². The average molecular weight is 212 g/mol. The van der Waals surface area contributed by atoms with Crippen LogP contribution in [0.2, 0.25) is 0 Å². The molecule has 0 unspecified atom stereocenters. The van der Waals surface area contributed by atoms with Crippen LogP contribution in [0.3, 0.4) is 0 Å². The van der Waals surface area contributed by atoms with Crippen molar-refractivity contribution in [3.8, 4) is 0 Å². The van der Waals surface area contributed by atoms with Crippen LogP contribution in [-0.2, 0) is 4.84 Å². The Bertz CT molecular complexity index is 285. The molecule has 0 bridgehead atoms. The first kappa shape index (κ1) is 11.1. The Balaban J connectivity index is 2.77. The Hall–Kier alpha value is -0.990. The fourth-order valence-electron chi connectivity index (χ4n) is 1.15. The second-order valence-corrected chi connectivity index (χ2v) is 3.15. The second kappa shape index (κ2) is 6.46. The van der Waals surface area contributed by atoms with E-state index in [9.17, 15) is 0 Å². The Morgan fingerprint density at radius 2 is 2.14 bits per heavy atom. The number of hydroxylamine groups is 1. The molecule has 0 spiro atoms. The van der Waals surface area contributed by atoms with Crippen LogP contribution < -0.4 is 5.48 Å². The van der Waals surface area contributed by atoms with Crippen molar-refractivity contribution in [1.29, 1.82) is 0 Å². The SMILES string of the molecule is CONC(=CCCCl)c1ccccc1. The molecule has 3 heteroatoms. The molecule has 0 aliphatic heterocycles. The van der Waals surface area contributed by atoms with Crippen molar-refractivity contribution in [3.63, 3.8) is 0 Å². The molecular weight excluding hydrogens is 198 g/mol. The van der Waals surface area contributed by atoms with Crippen molar-refractivity contribution < 1.29 is 4.84 Å². The molecule has 0 heterocycles. The van der Waals surface area contributed by atoms with Gasteiger partial charge >= 0.3 is 0 Å². The maximum absolute atomic E-state index is 5.62. The molecule has 0 saturated heterocycles. The van der Waals surface area contributed by atoms with Gasteiger partial charge in [-0.1, -0.05) is 36.4 Å². The third-order valence-corrected chi connectivity index (χ3v) is 1.97. The highest BCUT2D eigenvalue weighted by atomic mass is 35.5. The summed E-state index contributed by atoms with van der Waals surface area (Å²) in [5, 5.41) is 0. The van der Waals surface area contributed by atoms with Gasteiger partial charge in [-0.25, -0.2) is 0 Å². The lowest BCUT2D eigenvalue weighted by Gasteiger charge is -2.08. The number of hydrogen-bond donors (Lipinski definition) is 1. The van der Waals surface area contributed by atoms with E-state index in [1.165, 1.54) is 0 Å². The lowest BCUT2D eigenvalue weighted by Crippen LogP contribution is -2.09. The number of halogens is 1. The van der Waals surface area contributed by atoms with Crippen molar-refractivity contribution >= 4 is 17.3 Å². The highest BCUT2D eigenvalue weighted by Gasteiger charge is 1.98. The third kappa shape index (κ3) is 3.40. The number of benzene rings is 1. The third-order valence-electron chi connectivity index (χ3n) is 1.75. The molecule has 0 atom stereocenters. The fourth-order valence-corrected chi connectivity index (χ4v) is 1.25. The molecule has 0 aliphatic rings. The van der Waals surface area contributed by atoms with Crippen LogP contribution in [-0.4, -0.2) is 13.0 Å². The van der Waals surface area contributed by atoms with Crippen molar-refractivity contribution in [3.05, 3.63) is 42.0 Å². The van der Waals surface area contributed by atoms with E-state index < -0.39 is 0 Å².